The Balaban J connectivity index is 3.98. The third-order valence-electron chi connectivity index (χ3n) is 17.2. The number of carbonyl (C=O) groups is 2. The Morgan fingerprint density at radius 2 is 0.594 bits per heavy atom. The topological polar surface area (TPSA) is 108 Å². The first-order valence-electron chi connectivity index (χ1n) is 39.9. The van der Waals surface area contributed by atoms with Gasteiger partial charge in [-0.25, -0.2) is 4.57 Å². The van der Waals surface area contributed by atoms with Crippen LogP contribution in [0.2, 0.25) is 0 Å². The maximum absolute atomic E-state index is 12.9. The van der Waals surface area contributed by atoms with Crippen molar-refractivity contribution in [2.75, 3.05) is 47.5 Å². The van der Waals surface area contributed by atoms with Gasteiger partial charge in [0.25, 0.3) is 0 Å². The van der Waals surface area contributed by atoms with Crippen LogP contribution < -0.4 is 0 Å². The molecule has 0 aromatic carbocycles. The van der Waals surface area contributed by atoms with Gasteiger partial charge in [-0.05, 0) is 116 Å². The van der Waals surface area contributed by atoms with Gasteiger partial charge in [-0.15, -0.1) is 0 Å². The van der Waals surface area contributed by atoms with Gasteiger partial charge in [0.05, 0.1) is 27.7 Å². The Hall–Kier alpha value is -3.85. The van der Waals surface area contributed by atoms with Crippen LogP contribution in [-0.2, 0) is 32.7 Å². The summed E-state index contributed by atoms with van der Waals surface area (Å²) in [6, 6.07) is 0. The van der Waals surface area contributed by atoms with E-state index in [4.69, 9.17) is 18.5 Å². The van der Waals surface area contributed by atoms with E-state index in [-0.39, 0.29) is 32.0 Å². The van der Waals surface area contributed by atoms with Crippen molar-refractivity contribution in [3.05, 3.63) is 134 Å². The highest BCUT2D eigenvalue weighted by Gasteiger charge is 2.27. The number of hydrogen-bond donors (Lipinski definition) is 1. The number of allylic oxidation sites excluding steroid dienone is 22. The van der Waals surface area contributed by atoms with Crippen molar-refractivity contribution >= 4 is 19.8 Å². The molecule has 2 unspecified atom stereocenters. The summed E-state index contributed by atoms with van der Waals surface area (Å²) in [4.78, 5) is 36.0. The Labute approximate surface area is 593 Å². The number of likely N-dealkylation sites (N-methyl/N-ethyl adjacent to an activating group) is 1. The third kappa shape index (κ3) is 79.1. The summed E-state index contributed by atoms with van der Waals surface area (Å²) >= 11 is 0. The van der Waals surface area contributed by atoms with Crippen molar-refractivity contribution in [2.24, 2.45) is 0 Å². The highest BCUT2D eigenvalue weighted by atomic mass is 31.2. The van der Waals surface area contributed by atoms with Gasteiger partial charge >= 0.3 is 19.8 Å². The zero-order chi connectivity index (χ0) is 69.7. The van der Waals surface area contributed by atoms with Crippen molar-refractivity contribution < 1.29 is 42.1 Å². The molecule has 2 atom stereocenters. The van der Waals surface area contributed by atoms with Crippen molar-refractivity contribution in [2.45, 2.75) is 354 Å². The number of quaternary nitrogens is 1. The molecule has 0 aromatic heterocycles. The molecule has 0 rings (SSSR count). The first-order valence-corrected chi connectivity index (χ1v) is 41.4. The average Bonchev–Trinajstić information content (AvgIpc) is 2.54. The number of unbranched alkanes of at least 4 members (excludes halogenated alkanes) is 37. The average molecular weight is 1360 g/mol. The summed E-state index contributed by atoms with van der Waals surface area (Å²) in [6.07, 6.45) is 110. The van der Waals surface area contributed by atoms with Gasteiger partial charge in [-0.3, -0.25) is 18.6 Å². The first kappa shape index (κ1) is 92.2. The van der Waals surface area contributed by atoms with E-state index in [1.807, 2.05) is 21.1 Å². The van der Waals surface area contributed by atoms with E-state index in [9.17, 15) is 19.0 Å². The summed E-state index contributed by atoms with van der Waals surface area (Å²) in [5.41, 5.74) is 0. The fourth-order valence-corrected chi connectivity index (χ4v) is 11.8. The maximum Gasteiger partial charge on any atom is 0.472 e. The van der Waals surface area contributed by atoms with Crippen molar-refractivity contribution in [1.82, 2.24) is 0 Å². The van der Waals surface area contributed by atoms with Crippen LogP contribution in [0.3, 0.4) is 0 Å². The molecule has 0 aliphatic heterocycles. The third-order valence-corrected chi connectivity index (χ3v) is 18.1. The molecular formula is C86H151NO8P+. The Morgan fingerprint density at radius 3 is 0.885 bits per heavy atom. The van der Waals surface area contributed by atoms with Crippen LogP contribution in [0.15, 0.2) is 134 Å². The van der Waals surface area contributed by atoms with E-state index in [2.05, 4.69) is 148 Å². The molecule has 0 bridgehead atoms. The summed E-state index contributed by atoms with van der Waals surface area (Å²) in [6.45, 7) is 4.34. The Kier molecular flexibility index (Phi) is 72.3. The second kappa shape index (κ2) is 75.4. The maximum atomic E-state index is 12.9. The van der Waals surface area contributed by atoms with Gasteiger partial charge in [-0.2, -0.15) is 0 Å². The summed E-state index contributed by atoms with van der Waals surface area (Å²) in [5.74, 6) is -0.789. The molecule has 0 heterocycles. The Morgan fingerprint density at radius 1 is 0.333 bits per heavy atom. The van der Waals surface area contributed by atoms with E-state index in [1.165, 1.54) is 212 Å². The lowest BCUT2D eigenvalue weighted by atomic mass is 10.0. The fourth-order valence-electron chi connectivity index (χ4n) is 11.1. The molecular weight excluding hydrogens is 1210 g/mol. The summed E-state index contributed by atoms with van der Waals surface area (Å²) in [5, 5.41) is 0. The molecule has 0 aliphatic carbocycles. The lowest BCUT2D eigenvalue weighted by molar-refractivity contribution is -0.870. The highest BCUT2D eigenvalue weighted by molar-refractivity contribution is 7.47. The largest absolute Gasteiger partial charge is 0.472 e. The number of ether oxygens (including phenoxy) is 2. The normalized spacial score (nSPS) is 13.8. The molecule has 9 nitrogen and oxygen atoms in total. The fraction of sp³-hybridized carbons (Fsp3) is 0.721. The number of phosphoric acid groups is 1. The number of hydrogen-bond acceptors (Lipinski definition) is 7. The zero-order valence-corrected chi connectivity index (χ0v) is 64.0. The molecule has 0 saturated heterocycles. The second-order valence-corrected chi connectivity index (χ2v) is 29.2. The highest BCUT2D eigenvalue weighted by Crippen LogP contribution is 2.43. The molecule has 0 amide bonds. The minimum Gasteiger partial charge on any atom is -0.462 e. The van der Waals surface area contributed by atoms with E-state index < -0.39 is 26.5 Å². The van der Waals surface area contributed by atoms with Gasteiger partial charge in [0.1, 0.15) is 19.8 Å². The van der Waals surface area contributed by atoms with E-state index >= 15 is 0 Å². The molecule has 0 saturated carbocycles. The number of rotatable bonds is 73. The van der Waals surface area contributed by atoms with Crippen molar-refractivity contribution in [3.8, 4) is 0 Å². The smallest absolute Gasteiger partial charge is 0.462 e. The van der Waals surface area contributed by atoms with Crippen LogP contribution in [0.4, 0.5) is 0 Å². The van der Waals surface area contributed by atoms with Crippen LogP contribution in [0, 0.1) is 0 Å². The molecule has 10 heteroatoms. The van der Waals surface area contributed by atoms with Crippen LogP contribution in [0.25, 0.3) is 0 Å². The van der Waals surface area contributed by atoms with Gasteiger partial charge in [0.15, 0.2) is 6.10 Å². The van der Waals surface area contributed by atoms with Crippen molar-refractivity contribution in [1.29, 1.82) is 0 Å². The first-order chi connectivity index (χ1) is 47.0. The van der Waals surface area contributed by atoms with E-state index in [1.54, 1.807) is 0 Å². The Bertz CT molecular complexity index is 2090. The number of carbonyl (C=O) groups excluding carboxylic acids is 2. The minimum atomic E-state index is -4.40. The van der Waals surface area contributed by atoms with Gasteiger partial charge in [0, 0.05) is 12.8 Å². The van der Waals surface area contributed by atoms with Crippen molar-refractivity contribution in [3.63, 3.8) is 0 Å². The molecule has 0 aromatic rings. The second-order valence-electron chi connectivity index (χ2n) is 27.7. The molecule has 552 valence electrons. The van der Waals surface area contributed by atoms with Gasteiger partial charge in [-0.1, -0.05) is 353 Å². The number of phosphoric ester groups is 1. The molecule has 96 heavy (non-hydrogen) atoms. The number of nitrogens with zero attached hydrogens (tertiary/aromatic N) is 1. The summed E-state index contributed by atoms with van der Waals surface area (Å²) in [7, 11) is 1.48. The standard InChI is InChI=1S/C86H150NO8P/c1-6-8-10-12-14-16-18-20-22-24-26-28-30-32-34-36-38-39-40-41-42-43-44-45-46-47-49-51-53-55-57-59-61-63-65-67-69-71-73-75-77-79-86(89)95-84(83-94-96(90,91)93-81-80-87(3,4)5)82-92-85(88)78-76-74-72-70-68-66-64-62-60-58-56-54-52-50-48-37-35-33-31-29-27-25-23-21-19-17-15-13-11-9-7-2/h8,10,14,16,19-22,25-28,31-34,38-39,41-42,44-45,84H,6-7,9,11-13,15,17-18,23-24,29-30,35-37,40,43,46-83H2,1-5H3/p+1/b10-8-,16-14-,21-19-,22-20-,27-25-,28-26-,33-31-,34-32-,39-38-,42-41-,45-44-. The molecule has 0 aliphatic rings. The van der Waals surface area contributed by atoms with Gasteiger partial charge < -0.3 is 18.9 Å². The predicted molar refractivity (Wildman–Crippen MR) is 417 cm³/mol. The monoisotopic (exact) mass is 1360 g/mol. The van der Waals surface area contributed by atoms with E-state index in [0.29, 0.717) is 17.4 Å². The quantitative estimate of drug-likeness (QED) is 0.0211. The molecule has 0 spiro atoms. The SMILES string of the molecule is CC/C=C\C/C=C\C/C=C\C/C=C\C/C=C\C/C=C\C/C=C\C/C=C\CCCCCCCCCCCCCCCCCCC(=O)OC(COC(=O)CCCCCCCCCCCCCCCCCC/C=C\C/C=C\C/C=C\CCCCCCC)COP(=O)(O)OCC[N+](C)(C)C. The minimum absolute atomic E-state index is 0.0287. The van der Waals surface area contributed by atoms with Crippen LogP contribution >= 0.6 is 7.82 Å². The lowest BCUT2D eigenvalue weighted by Gasteiger charge is -2.24. The summed E-state index contributed by atoms with van der Waals surface area (Å²) < 4.78 is 34.8. The van der Waals surface area contributed by atoms with E-state index in [0.717, 1.165) is 103 Å². The van der Waals surface area contributed by atoms with Crippen LogP contribution in [0.5, 0.6) is 0 Å². The molecule has 1 N–H and O–H groups in total. The van der Waals surface area contributed by atoms with Gasteiger partial charge in [0.2, 0.25) is 0 Å². The number of esters is 2. The lowest BCUT2D eigenvalue weighted by Crippen LogP contribution is -2.37. The molecule has 0 radical (unpaired) electrons. The predicted octanol–water partition coefficient (Wildman–Crippen LogP) is 26.7. The van der Waals surface area contributed by atoms with Crippen LogP contribution in [0.1, 0.15) is 348 Å². The zero-order valence-electron chi connectivity index (χ0n) is 63.1. The molecule has 0 fully saturated rings. The van der Waals surface area contributed by atoms with Crippen LogP contribution in [-0.4, -0.2) is 74.9 Å².